The van der Waals surface area contributed by atoms with Crippen LogP contribution >= 0.6 is 23.4 Å². The van der Waals surface area contributed by atoms with Crippen LogP contribution in [0.5, 0.6) is 0 Å². The van der Waals surface area contributed by atoms with E-state index in [1.807, 2.05) is 31.2 Å². The van der Waals surface area contributed by atoms with Gasteiger partial charge in [-0.05, 0) is 48.8 Å². The second-order valence-electron chi connectivity index (χ2n) is 9.39. The fourth-order valence-corrected chi connectivity index (χ4v) is 6.13. The van der Waals surface area contributed by atoms with Crippen LogP contribution in [-0.2, 0) is 14.3 Å². The number of rotatable bonds is 7. The number of Topliss-reactive ketones (excluding diaryl/α,β-unsaturated/α-hetero) is 1. The number of hydrogen-bond donors (Lipinski definition) is 1. The number of ether oxygens (including phenoxy) is 1. The van der Waals surface area contributed by atoms with Crippen molar-refractivity contribution in [2.45, 2.75) is 38.5 Å². The van der Waals surface area contributed by atoms with Crippen molar-refractivity contribution in [2.24, 2.45) is 0 Å². The smallest absolute Gasteiger partial charge is 0.336 e. The van der Waals surface area contributed by atoms with Crippen LogP contribution in [0.2, 0.25) is 5.02 Å². The lowest BCUT2D eigenvalue weighted by molar-refractivity contribution is -0.138. The Hall–Kier alpha value is -3.29. The normalized spacial score (nSPS) is 19.4. The highest BCUT2D eigenvalue weighted by atomic mass is 35.5. The van der Waals surface area contributed by atoms with Gasteiger partial charge in [0.15, 0.2) is 11.2 Å². The Labute approximate surface area is 230 Å². The summed E-state index contributed by atoms with van der Waals surface area (Å²) in [5, 5.41) is 4.32. The molecule has 0 amide bonds. The number of esters is 1. The number of carbonyl (C=O) groups excluding carboxylic acids is 2. The number of benzene rings is 2. The maximum Gasteiger partial charge on any atom is 0.336 e. The number of hydrogen-bond acceptors (Lipinski definition) is 7. The van der Waals surface area contributed by atoms with Gasteiger partial charge in [-0.15, -0.1) is 0 Å². The van der Waals surface area contributed by atoms with E-state index in [1.54, 1.807) is 43.0 Å². The molecule has 3 aromatic rings. The highest BCUT2D eigenvalue weighted by Gasteiger charge is 2.43. The molecule has 1 N–H and O–H groups in total. The summed E-state index contributed by atoms with van der Waals surface area (Å²) in [6, 6.07) is 14.5. The molecule has 2 aliphatic rings. The summed E-state index contributed by atoms with van der Waals surface area (Å²) >= 11 is 8.14. The van der Waals surface area contributed by atoms with E-state index in [-0.39, 0.29) is 41.3 Å². The van der Waals surface area contributed by atoms with Crippen LogP contribution in [0, 0.1) is 0 Å². The number of nitrogens with one attached hydrogen (secondary N) is 1. The summed E-state index contributed by atoms with van der Waals surface area (Å²) in [5.74, 6) is -0.116. The molecule has 0 saturated heterocycles. The molecule has 2 aromatic carbocycles. The summed E-state index contributed by atoms with van der Waals surface area (Å²) in [6.45, 7) is 4.06. The van der Waals surface area contributed by atoms with Gasteiger partial charge in [0.05, 0.1) is 23.1 Å². The van der Waals surface area contributed by atoms with E-state index in [2.05, 4.69) is 5.32 Å². The van der Waals surface area contributed by atoms with Crippen molar-refractivity contribution in [1.29, 1.82) is 0 Å². The molecule has 1 aromatic heterocycles. The first kappa shape index (κ1) is 26.3. The highest BCUT2D eigenvalue weighted by Crippen LogP contribution is 2.46. The molecule has 5 rings (SSSR count). The van der Waals surface area contributed by atoms with Gasteiger partial charge in [0, 0.05) is 39.7 Å². The first-order chi connectivity index (χ1) is 18.4. The first-order valence-electron chi connectivity index (χ1n) is 12.6. The van der Waals surface area contributed by atoms with Crippen molar-refractivity contribution < 1.29 is 18.7 Å². The monoisotopic (exact) mass is 549 g/mol. The van der Waals surface area contributed by atoms with Crippen LogP contribution in [0.15, 0.2) is 86.5 Å². The fourth-order valence-electron chi connectivity index (χ4n) is 5.35. The molecule has 2 atom stereocenters. The molecule has 2 heterocycles. The molecule has 0 unspecified atom stereocenters. The summed E-state index contributed by atoms with van der Waals surface area (Å²) in [4.78, 5) is 40.9. The zero-order chi connectivity index (χ0) is 26.8. The Kier molecular flexibility index (Phi) is 7.77. The predicted octanol–water partition coefficient (Wildman–Crippen LogP) is 6.10. The SMILES string of the molecule is CCSCCOC(=O)C1=C(C)NC2=C(C(=O)C[C@H](c3ccccc3Cl)C2)[C@H]1c1coc2ccccc2c1=O. The van der Waals surface area contributed by atoms with Crippen molar-refractivity contribution >= 4 is 46.1 Å². The zero-order valence-electron chi connectivity index (χ0n) is 21.2. The summed E-state index contributed by atoms with van der Waals surface area (Å²) in [7, 11) is 0. The molecule has 1 aliphatic carbocycles. The van der Waals surface area contributed by atoms with Crippen LogP contribution < -0.4 is 10.7 Å². The Morgan fingerprint density at radius 2 is 1.87 bits per heavy atom. The number of para-hydroxylation sites is 1. The van der Waals surface area contributed by atoms with Gasteiger partial charge in [-0.25, -0.2) is 4.79 Å². The third-order valence-electron chi connectivity index (χ3n) is 7.08. The molecule has 0 spiro atoms. The van der Waals surface area contributed by atoms with E-state index < -0.39 is 11.9 Å². The fraction of sp³-hybridized carbons (Fsp3) is 0.300. The molecular formula is C30H28ClNO5S. The Morgan fingerprint density at radius 1 is 1.11 bits per heavy atom. The lowest BCUT2D eigenvalue weighted by atomic mass is 9.72. The number of fused-ring (bicyclic) bond motifs is 1. The minimum atomic E-state index is -0.891. The molecule has 196 valence electrons. The molecule has 1 aliphatic heterocycles. The van der Waals surface area contributed by atoms with Crippen LogP contribution in [0.4, 0.5) is 0 Å². The van der Waals surface area contributed by atoms with Crippen molar-refractivity contribution in [3.8, 4) is 0 Å². The van der Waals surface area contributed by atoms with Crippen LogP contribution in [0.25, 0.3) is 11.0 Å². The quantitative estimate of drug-likeness (QED) is 0.281. The zero-order valence-corrected chi connectivity index (χ0v) is 22.8. The maximum absolute atomic E-state index is 13.8. The summed E-state index contributed by atoms with van der Waals surface area (Å²) in [5.41, 5.74) is 3.25. The third kappa shape index (κ3) is 4.93. The second-order valence-corrected chi connectivity index (χ2v) is 11.2. The molecular weight excluding hydrogens is 522 g/mol. The first-order valence-corrected chi connectivity index (χ1v) is 14.2. The van der Waals surface area contributed by atoms with Gasteiger partial charge in [-0.3, -0.25) is 9.59 Å². The van der Waals surface area contributed by atoms with Crippen LogP contribution in [0.1, 0.15) is 49.7 Å². The van der Waals surface area contributed by atoms with Gasteiger partial charge in [0.1, 0.15) is 12.2 Å². The van der Waals surface area contributed by atoms with E-state index >= 15 is 0 Å². The molecule has 0 fully saturated rings. The Morgan fingerprint density at radius 3 is 2.66 bits per heavy atom. The Balaban J connectivity index is 1.61. The molecule has 0 bridgehead atoms. The molecule has 0 radical (unpaired) electrons. The minimum Gasteiger partial charge on any atom is -0.464 e. The van der Waals surface area contributed by atoms with Gasteiger partial charge in [-0.1, -0.05) is 48.9 Å². The van der Waals surface area contributed by atoms with Gasteiger partial charge >= 0.3 is 5.97 Å². The lowest BCUT2D eigenvalue weighted by Gasteiger charge is -2.36. The third-order valence-corrected chi connectivity index (χ3v) is 8.28. The molecule has 6 nitrogen and oxygen atoms in total. The van der Waals surface area contributed by atoms with E-state index in [1.165, 1.54) is 6.26 Å². The molecule has 8 heteroatoms. The van der Waals surface area contributed by atoms with Crippen molar-refractivity contribution in [3.63, 3.8) is 0 Å². The van der Waals surface area contributed by atoms with Gasteiger partial charge < -0.3 is 14.5 Å². The predicted molar refractivity (Wildman–Crippen MR) is 150 cm³/mol. The van der Waals surface area contributed by atoms with E-state index in [4.69, 9.17) is 20.8 Å². The van der Waals surface area contributed by atoms with Gasteiger partial charge in [-0.2, -0.15) is 11.8 Å². The van der Waals surface area contributed by atoms with Crippen LogP contribution in [0.3, 0.4) is 0 Å². The summed E-state index contributed by atoms with van der Waals surface area (Å²) < 4.78 is 11.4. The standard InChI is InChI=1S/C30H28ClNO5S/c1-3-38-13-12-36-30(35)26-17(2)32-23-14-18(19-8-4-6-10-22(19)31)15-24(33)28(23)27(26)21-16-37-25-11-7-5-9-20(25)29(21)34/h4-11,16,18,27,32H,3,12-15H2,1-2H3/t18-,27+/m1/s1. The average Bonchev–Trinajstić information content (AvgIpc) is 2.91. The minimum absolute atomic E-state index is 0.122. The van der Waals surface area contributed by atoms with Crippen molar-refractivity contribution in [2.75, 3.05) is 18.1 Å². The molecule has 0 saturated carbocycles. The number of thioether (sulfide) groups is 1. The van der Waals surface area contributed by atoms with Gasteiger partial charge in [0.25, 0.3) is 0 Å². The number of halogens is 1. The van der Waals surface area contributed by atoms with Gasteiger partial charge in [0.2, 0.25) is 0 Å². The summed E-state index contributed by atoms with van der Waals surface area (Å²) in [6.07, 6.45) is 2.12. The Bertz CT molecular complexity index is 1540. The lowest BCUT2D eigenvalue weighted by Crippen LogP contribution is -2.37. The number of dihydropyridines is 1. The highest BCUT2D eigenvalue weighted by molar-refractivity contribution is 7.99. The van der Waals surface area contributed by atoms with E-state index in [0.29, 0.717) is 45.1 Å². The van der Waals surface area contributed by atoms with E-state index in [0.717, 1.165) is 11.3 Å². The maximum atomic E-state index is 13.8. The number of ketones is 1. The number of carbonyl (C=O) groups is 2. The largest absolute Gasteiger partial charge is 0.464 e. The number of allylic oxidation sites excluding steroid dienone is 3. The average molecular weight is 550 g/mol. The van der Waals surface area contributed by atoms with E-state index in [9.17, 15) is 14.4 Å². The second kappa shape index (κ2) is 11.2. The van der Waals surface area contributed by atoms with Crippen molar-refractivity contribution in [3.05, 3.63) is 104 Å². The molecule has 38 heavy (non-hydrogen) atoms. The van der Waals surface area contributed by atoms with Crippen molar-refractivity contribution in [1.82, 2.24) is 5.32 Å². The van der Waals surface area contributed by atoms with Crippen LogP contribution in [-0.4, -0.2) is 29.9 Å². The topological polar surface area (TPSA) is 85.6 Å².